The number of halogens is 1. The molecule has 0 saturated heterocycles. The summed E-state index contributed by atoms with van der Waals surface area (Å²) in [7, 11) is 0. The predicted molar refractivity (Wildman–Crippen MR) is 91.7 cm³/mol. The first-order chi connectivity index (χ1) is 10.5. The van der Waals surface area contributed by atoms with Crippen molar-refractivity contribution < 1.29 is 4.79 Å². The maximum atomic E-state index is 12.3. The molecule has 0 atom stereocenters. The average Bonchev–Trinajstić information content (AvgIpc) is 2.91. The zero-order chi connectivity index (χ0) is 15.7. The van der Waals surface area contributed by atoms with Crippen molar-refractivity contribution in [2.45, 2.75) is 20.4 Å². The number of fused-ring (bicyclic) bond motifs is 1. The highest BCUT2D eigenvalue weighted by atomic mass is 35.5. The fraction of sp³-hybridized carbons (Fsp3) is 0.176. The van der Waals surface area contributed by atoms with E-state index < -0.39 is 0 Å². The Bertz CT molecular complexity index is 857. The Balaban J connectivity index is 1.85. The molecule has 22 heavy (non-hydrogen) atoms. The second-order valence-corrected chi connectivity index (χ2v) is 6.90. The first kappa shape index (κ1) is 15.0. The number of aryl methyl sites for hydroxylation is 2. The maximum absolute atomic E-state index is 12.3. The number of rotatable bonds is 3. The monoisotopic (exact) mass is 330 g/mol. The second kappa shape index (κ2) is 6.07. The van der Waals surface area contributed by atoms with Crippen LogP contribution < -0.4 is 5.32 Å². The summed E-state index contributed by atoms with van der Waals surface area (Å²) in [4.78, 5) is 19.1. The van der Waals surface area contributed by atoms with E-state index in [1.807, 2.05) is 44.2 Å². The summed E-state index contributed by atoms with van der Waals surface area (Å²) in [5.74, 6) is -0.202. The van der Waals surface area contributed by atoms with Gasteiger partial charge in [0.2, 0.25) is 0 Å². The minimum atomic E-state index is -0.202. The Kier molecular flexibility index (Phi) is 4.14. The Morgan fingerprint density at radius 3 is 2.82 bits per heavy atom. The third-order valence-electron chi connectivity index (χ3n) is 3.46. The van der Waals surface area contributed by atoms with E-state index in [-0.39, 0.29) is 11.1 Å². The van der Waals surface area contributed by atoms with Gasteiger partial charge in [0.1, 0.15) is 5.15 Å². The van der Waals surface area contributed by atoms with Gasteiger partial charge in [0, 0.05) is 15.1 Å². The van der Waals surface area contributed by atoms with Crippen LogP contribution in [-0.2, 0) is 6.54 Å². The average molecular weight is 331 g/mol. The van der Waals surface area contributed by atoms with Gasteiger partial charge in [-0.3, -0.25) is 4.79 Å². The number of nitrogens with zero attached hydrogens (tertiary/aromatic N) is 1. The number of hydrogen-bond donors (Lipinski definition) is 1. The zero-order valence-corrected chi connectivity index (χ0v) is 13.9. The number of carbonyl (C=O) groups excluding carboxylic acids is 1. The summed E-state index contributed by atoms with van der Waals surface area (Å²) in [6.45, 7) is 4.52. The van der Waals surface area contributed by atoms with Crippen LogP contribution in [0.25, 0.3) is 10.9 Å². The van der Waals surface area contributed by atoms with E-state index in [9.17, 15) is 4.79 Å². The van der Waals surface area contributed by atoms with E-state index in [0.717, 1.165) is 21.3 Å². The summed E-state index contributed by atoms with van der Waals surface area (Å²) < 4.78 is 0. The number of carbonyl (C=O) groups is 1. The van der Waals surface area contributed by atoms with Gasteiger partial charge in [0.25, 0.3) is 5.91 Å². The van der Waals surface area contributed by atoms with Crippen molar-refractivity contribution in [3.05, 3.63) is 62.4 Å². The Hall–Kier alpha value is -1.91. The van der Waals surface area contributed by atoms with Crippen LogP contribution in [0, 0.1) is 13.8 Å². The van der Waals surface area contributed by atoms with Crippen LogP contribution in [-0.4, -0.2) is 10.9 Å². The quantitative estimate of drug-likeness (QED) is 0.718. The molecule has 5 heteroatoms. The predicted octanol–water partition coefficient (Wildman–Crippen LogP) is 4.50. The highest BCUT2D eigenvalue weighted by Crippen LogP contribution is 2.23. The van der Waals surface area contributed by atoms with E-state index in [1.54, 1.807) is 17.4 Å². The van der Waals surface area contributed by atoms with Gasteiger partial charge in [0.05, 0.1) is 17.6 Å². The van der Waals surface area contributed by atoms with Gasteiger partial charge in [-0.05, 0) is 37.6 Å². The number of amides is 1. The smallest absolute Gasteiger partial charge is 0.254 e. The van der Waals surface area contributed by atoms with Crippen molar-refractivity contribution in [3.63, 3.8) is 0 Å². The third-order valence-corrected chi connectivity index (χ3v) is 4.75. The molecule has 1 N–H and O–H groups in total. The summed E-state index contributed by atoms with van der Waals surface area (Å²) in [6, 6.07) is 11.7. The molecule has 3 nitrogen and oxygen atoms in total. The fourth-order valence-electron chi connectivity index (χ4n) is 2.33. The van der Waals surface area contributed by atoms with Gasteiger partial charge < -0.3 is 5.32 Å². The molecule has 1 aromatic carbocycles. The molecule has 0 aliphatic heterocycles. The molecule has 0 bridgehead atoms. The molecule has 0 aliphatic carbocycles. The maximum Gasteiger partial charge on any atom is 0.254 e. The Morgan fingerprint density at radius 1 is 1.27 bits per heavy atom. The summed E-state index contributed by atoms with van der Waals surface area (Å²) in [5, 5.41) is 4.05. The van der Waals surface area contributed by atoms with Gasteiger partial charge in [-0.1, -0.05) is 29.8 Å². The van der Waals surface area contributed by atoms with Crippen molar-refractivity contribution in [3.8, 4) is 0 Å². The van der Waals surface area contributed by atoms with Gasteiger partial charge in [0.15, 0.2) is 0 Å². The Labute approximate surface area is 138 Å². The molecule has 0 fully saturated rings. The molecule has 0 aliphatic rings. The van der Waals surface area contributed by atoms with E-state index in [1.165, 1.54) is 4.88 Å². The van der Waals surface area contributed by atoms with Gasteiger partial charge in [-0.15, -0.1) is 11.3 Å². The number of hydrogen-bond acceptors (Lipinski definition) is 3. The first-order valence-electron chi connectivity index (χ1n) is 6.94. The summed E-state index contributed by atoms with van der Waals surface area (Å²) in [6.07, 6.45) is 0. The molecule has 112 valence electrons. The van der Waals surface area contributed by atoms with Crippen LogP contribution in [0.3, 0.4) is 0 Å². The fourth-order valence-corrected chi connectivity index (χ4v) is 3.38. The lowest BCUT2D eigenvalue weighted by atomic mass is 10.1. The lowest BCUT2D eigenvalue weighted by Crippen LogP contribution is -2.23. The van der Waals surface area contributed by atoms with E-state index in [2.05, 4.69) is 10.3 Å². The van der Waals surface area contributed by atoms with Gasteiger partial charge in [-0.2, -0.15) is 0 Å². The SMILES string of the molecule is Cc1ccc(CNC(=O)c2cc3cccc(C)c3nc2Cl)s1. The lowest BCUT2D eigenvalue weighted by Gasteiger charge is -2.08. The molecule has 2 heterocycles. The first-order valence-corrected chi connectivity index (χ1v) is 8.13. The number of pyridine rings is 1. The molecular formula is C17H15ClN2OS. The van der Waals surface area contributed by atoms with Crippen LogP contribution in [0.15, 0.2) is 36.4 Å². The number of aromatic nitrogens is 1. The molecule has 0 spiro atoms. The van der Waals surface area contributed by atoms with E-state index in [4.69, 9.17) is 11.6 Å². The largest absolute Gasteiger partial charge is 0.347 e. The number of benzene rings is 1. The third kappa shape index (κ3) is 2.98. The van der Waals surface area contributed by atoms with Crippen molar-refractivity contribution in [2.75, 3.05) is 0 Å². The molecular weight excluding hydrogens is 316 g/mol. The van der Waals surface area contributed by atoms with Crippen LogP contribution in [0.5, 0.6) is 0 Å². The molecule has 3 rings (SSSR count). The molecule has 0 saturated carbocycles. The van der Waals surface area contributed by atoms with Gasteiger partial charge >= 0.3 is 0 Å². The van der Waals surface area contributed by atoms with Crippen LogP contribution in [0.1, 0.15) is 25.7 Å². The molecule has 1 amide bonds. The minimum absolute atomic E-state index is 0.202. The zero-order valence-electron chi connectivity index (χ0n) is 12.3. The van der Waals surface area contributed by atoms with E-state index in [0.29, 0.717) is 12.1 Å². The van der Waals surface area contributed by atoms with Crippen LogP contribution in [0.2, 0.25) is 5.15 Å². The lowest BCUT2D eigenvalue weighted by molar-refractivity contribution is 0.0951. The summed E-state index contributed by atoms with van der Waals surface area (Å²) >= 11 is 7.86. The van der Waals surface area contributed by atoms with Crippen molar-refractivity contribution in [2.24, 2.45) is 0 Å². The number of nitrogens with one attached hydrogen (secondary N) is 1. The molecule has 0 unspecified atom stereocenters. The van der Waals surface area contributed by atoms with Crippen molar-refractivity contribution >= 4 is 39.7 Å². The summed E-state index contributed by atoms with van der Waals surface area (Å²) in [5.41, 5.74) is 2.28. The highest BCUT2D eigenvalue weighted by molar-refractivity contribution is 7.11. The minimum Gasteiger partial charge on any atom is -0.347 e. The molecule has 0 radical (unpaired) electrons. The number of para-hydroxylation sites is 1. The van der Waals surface area contributed by atoms with Crippen LogP contribution in [0.4, 0.5) is 0 Å². The van der Waals surface area contributed by atoms with Crippen LogP contribution >= 0.6 is 22.9 Å². The highest BCUT2D eigenvalue weighted by Gasteiger charge is 2.14. The molecule has 2 aromatic heterocycles. The Morgan fingerprint density at radius 2 is 2.09 bits per heavy atom. The standard InChI is InChI=1S/C17H15ClN2OS/c1-10-4-3-5-12-8-14(16(18)20-15(10)12)17(21)19-9-13-7-6-11(2)22-13/h3-8H,9H2,1-2H3,(H,19,21). The topological polar surface area (TPSA) is 42.0 Å². The van der Waals surface area contributed by atoms with Crippen molar-refractivity contribution in [1.82, 2.24) is 10.3 Å². The van der Waals surface area contributed by atoms with E-state index >= 15 is 0 Å². The van der Waals surface area contributed by atoms with Crippen molar-refractivity contribution in [1.29, 1.82) is 0 Å². The van der Waals surface area contributed by atoms with Gasteiger partial charge in [-0.25, -0.2) is 4.98 Å². The second-order valence-electron chi connectivity index (χ2n) is 5.17. The normalized spacial score (nSPS) is 10.9. The number of thiophene rings is 1. The molecule has 3 aromatic rings.